The van der Waals surface area contributed by atoms with Crippen LogP contribution in [0.5, 0.6) is 0 Å². The maximum Gasteiger partial charge on any atom is 0.432 e. The topological polar surface area (TPSA) is 38.0 Å². The fourth-order valence-corrected chi connectivity index (χ4v) is 3.15. The second-order valence-corrected chi connectivity index (χ2v) is 7.31. The van der Waals surface area contributed by atoms with Crippen molar-refractivity contribution in [2.24, 2.45) is 0 Å². The number of nitrogens with zero attached hydrogens (tertiary/aromatic N) is 2. The monoisotopic (exact) mass is 498 g/mol. The Labute approximate surface area is 173 Å². The van der Waals surface area contributed by atoms with Crippen molar-refractivity contribution in [1.29, 1.82) is 0 Å². The van der Waals surface area contributed by atoms with Crippen LogP contribution in [-0.4, -0.2) is 27.2 Å². The van der Waals surface area contributed by atoms with E-state index in [0.717, 1.165) is 4.68 Å². The summed E-state index contributed by atoms with van der Waals surface area (Å²) in [6.45, 7) is 0. The van der Waals surface area contributed by atoms with Crippen molar-refractivity contribution < 1.29 is 31.4 Å². The molecule has 0 bridgehead atoms. The SMILES string of the molecule is OC(c1cc(-c2ccccc2Cl)n(-c2ccc(Br)cc2)n1)(C(F)(F)F)C(F)(F)F. The van der Waals surface area contributed by atoms with E-state index >= 15 is 0 Å². The molecule has 1 aromatic heterocycles. The first kappa shape index (κ1) is 21.7. The molecule has 0 amide bonds. The van der Waals surface area contributed by atoms with Crippen LogP contribution in [0.1, 0.15) is 5.69 Å². The van der Waals surface area contributed by atoms with Gasteiger partial charge < -0.3 is 5.11 Å². The molecule has 0 unspecified atom stereocenters. The van der Waals surface area contributed by atoms with Gasteiger partial charge in [0.05, 0.1) is 11.4 Å². The molecule has 1 heterocycles. The minimum Gasteiger partial charge on any atom is -0.368 e. The van der Waals surface area contributed by atoms with Gasteiger partial charge in [0.15, 0.2) is 0 Å². The smallest absolute Gasteiger partial charge is 0.368 e. The molecular formula is C18H10BrClF6N2O. The summed E-state index contributed by atoms with van der Waals surface area (Å²) in [7, 11) is 0. The zero-order valence-corrected chi connectivity index (χ0v) is 16.4. The van der Waals surface area contributed by atoms with E-state index in [1.165, 1.54) is 42.5 Å². The lowest BCUT2D eigenvalue weighted by molar-refractivity contribution is -0.377. The summed E-state index contributed by atoms with van der Waals surface area (Å²) in [4.78, 5) is 0. The first-order chi connectivity index (χ1) is 13.4. The van der Waals surface area contributed by atoms with Gasteiger partial charge in [0.1, 0.15) is 5.69 Å². The van der Waals surface area contributed by atoms with Crippen LogP contribution in [0.2, 0.25) is 5.02 Å². The molecule has 0 aliphatic rings. The molecule has 3 rings (SSSR count). The molecule has 0 saturated heterocycles. The van der Waals surface area contributed by atoms with Crippen molar-refractivity contribution >= 4 is 27.5 Å². The van der Waals surface area contributed by atoms with Crippen molar-refractivity contribution in [3.63, 3.8) is 0 Å². The lowest BCUT2D eigenvalue weighted by Gasteiger charge is -2.30. The molecule has 1 N–H and O–H groups in total. The normalized spacial score (nSPS) is 13.0. The van der Waals surface area contributed by atoms with Gasteiger partial charge in [0, 0.05) is 15.1 Å². The van der Waals surface area contributed by atoms with E-state index in [1.807, 2.05) is 0 Å². The van der Waals surface area contributed by atoms with Crippen LogP contribution in [0.4, 0.5) is 26.3 Å². The average molecular weight is 500 g/mol. The van der Waals surface area contributed by atoms with E-state index in [2.05, 4.69) is 21.0 Å². The molecule has 11 heteroatoms. The minimum atomic E-state index is -6.05. The Morgan fingerprint density at radius 1 is 0.897 bits per heavy atom. The fraction of sp³-hybridized carbons (Fsp3) is 0.167. The van der Waals surface area contributed by atoms with E-state index in [9.17, 15) is 31.4 Å². The fourth-order valence-electron chi connectivity index (χ4n) is 2.65. The van der Waals surface area contributed by atoms with Crippen molar-refractivity contribution in [3.05, 3.63) is 69.8 Å². The number of benzene rings is 2. The number of aliphatic hydroxyl groups is 1. The van der Waals surface area contributed by atoms with Crippen molar-refractivity contribution in [3.8, 4) is 16.9 Å². The highest BCUT2D eigenvalue weighted by atomic mass is 79.9. The lowest BCUT2D eigenvalue weighted by Crippen LogP contribution is -2.54. The van der Waals surface area contributed by atoms with Crippen LogP contribution in [0.3, 0.4) is 0 Å². The maximum absolute atomic E-state index is 13.3. The van der Waals surface area contributed by atoms with Gasteiger partial charge in [-0.15, -0.1) is 0 Å². The molecule has 0 atom stereocenters. The number of rotatable bonds is 3. The van der Waals surface area contributed by atoms with Crippen molar-refractivity contribution in [2.45, 2.75) is 18.0 Å². The standard InChI is InChI=1S/C18H10BrClF6N2O/c19-10-5-7-11(8-6-10)28-14(12-3-1-2-4-13(12)20)9-15(27-28)16(29,17(21,22)23)18(24,25)26/h1-9,29H. The molecule has 29 heavy (non-hydrogen) atoms. The average Bonchev–Trinajstić information content (AvgIpc) is 3.05. The van der Waals surface area contributed by atoms with Gasteiger partial charge in [-0.1, -0.05) is 45.7 Å². The molecule has 3 aromatic rings. The van der Waals surface area contributed by atoms with Crippen molar-refractivity contribution in [2.75, 3.05) is 0 Å². The van der Waals surface area contributed by atoms with Gasteiger partial charge in [0.25, 0.3) is 0 Å². The molecule has 0 fully saturated rings. The van der Waals surface area contributed by atoms with Gasteiger partial charge in [-0.2, -0.15) is 31.4 Å². The Kier molecular flexibility index (Phi) is 5.48. The third-order valence-electron chi connectivity index (χ3n) is 4.12. The number of halogens is 8. The zero-order valence-electron chi connectivity index (χ0n) is 14.1. The number of alkyl halides is 6. The second kappa shape index (κ2) is 7.33. The van der Waals surface area contributed by atoms with Crippen molar-refractivity contribution in [1.82, 2.24) is 9.78 Å². The predicted molar refractivity (Wildman–Crippen MR) is 97.7 cm³/mol. The maximum atomic E-state index is 13.3. The van der Waals surface area contributed by atoms with Crippen LogP contribution in [0.25, 0.3) is 16.9 Å². The molecule has 2 aromatic carbocycles. The van der Waals surface area contributed by atoms with E-state index < -0.39 is 23.6 Å². The highest BCUT2D eigenvalue weighted by Crippen LogP contribution is 2.50. The molecule has 0 aliphatic heterocycles. The highest BCUT2D eigenvalue weighted by molar-refractivity contribution is 9.10. The summed E-state index contributed by atoms with van der Waals surface area (Å²) in [6, 6.07) is 12.4. The molecular weight excluding hydrogens is 490 g/mol. The predicted octanol–water partition coefficient (Wildman–Crippen LogP) is 6.27. The summed E-state index contributed by atoms with van der Waals surface area (Å²) in [5, 5.41) is 13.3. The Morgan fingerprint density at radius 2 is 1.45 bits per heavy atom. The van der Waals surface area contributed by atoms with Crippen LogP contribution in [0, 0.1) is 0 Å². The summed E-state index contributed by atoms with van der Waals surface area (Å²) in [6.07, 6.45) is -12.1. The summed E-state index contributed by atoms with van der Waals surface area (Å²) >= 11 is 9.29. The Bertz CT molecular complexity index is 1020. The summed E-state index contributed by atoms with van der Waals surface area (Å²) in [5.41, 5.74) is -6.62. The van der Waals surface area contributed by atoms with Gasteiger partial charge >= 0.3 is 18.0 Å². The second-order valence-electron chi connectivity index (χ2n) is 5.99. The van der Waals surface area contributed by atoms with E-state index in [4.69, 9.17) is 11.6 Å². The Hall–Kier alpha value is -2.04. The first-order valence-electron chi connectivity index (χ1n) is 7.83. The minimum absolute atomic E-state index is 0.0832. The van der Waals surface area contributed by atoms with Crippen LogP contribution in [-0.2, 0) is 5.60 Å². The molecule has 0 spiro atoms. The Morgan fingerprint density at radius 3 is 1.97 bits per heavy atom. The highest BCUT2D eigenvalue weighted by Gasteiger charge is 2.73. The lowest BCUT2D eigenvalue weighted by atomic mass is 9.97. The van der Waals surface area contributed by atoms with Gasteiger partial charge in [0.2, 0.25) is 0 Å². The van der Waals surface area contributed by atoms with E-state index in [0.29, 0.717) is 10.5 Å². The largest absolute Gasteiger partial charge is 0.432 e. The van der Waals surface area contributed by atoms with Gasteiger partial charge in [-0.25, -0.2) is 4.68 Å². The van der Waals surface area contributed by atoms with Crippen LogP contribution < -0.4 is 0 Å². The number of hydrogen-bond donors (Lipinski definition) is 1. The number of hydrogen-bond acceptors (Lipinski definition) is 2. The van der Waals surface area contributed by atoms with Gasteiger partial charge in [-0.3, -0.25) is 0 Å². The summed E-state index contributed by atoms with van der Waals surface area (Å²) in [5.74, 6) is 0. The van der Waals surface area contributed by atoms with Gasteiger partial charge in [-0.05, 0) is 36.4 Å². The third-order valence-corrected chi connectivity index (χ3v) is 4.98. The van der Waals surface area contributed by atoms with E-state index in [1.54, 1.807) is 6.07 Å². The molecule has 0 saturated carbocycles. The molecule has 3 nitrogen and oxygen atoms in total. The first-order valence-corrected chi connectivity index (χ1v) is 9.00. The number of aromatic nitrogens is 2. The summed E-state index contributed by atoms with van der Waals surface area (Å²) < 4.78 is 81.4. The van der Waals surface area contributed by atoms with E-state index in [-0.39, 0.29) is 22.0 Å². The van der Waals surface area contributed by atoms with Crippen LogP contribution >= 0.6 is 27.5 Å². The van der Waals surface area contributed by atoms with Crippen LogP contribution in [0.15, 0.2) is 59.1 Å². The quantitative estimate of drug-likeness (QED) is 0.432. The molecule has 154 valence electrons. The third kappa shape index (κ3) is 3.76. The Balaban J connectivity index is 2.33. The zero-order chi connectivity index (χ0) is 21.6. The molecule has 0 radical (unpaired) electrons. The molecule has 0 aliphatic carbocycles.